The quantitative estimate of drug-likeness (QED) is 0.279. The van der Waals surface area contributed by atoms with E-state index in [0.29, 0.717) is 5.69 Å². The number of likely N-dealkylation sites (N-methyl/N-ethyl adjacent to an activating group) is 1. The van der Waals surface area contributed by atoms with Gasteiger partial charge in [-0.05, 0) is 26.3 Å². The van der Waals surface area contributed by atoms with Gasteiger partial charge in [-0.25, -0.2) is 0 Å². The van der Waals surface area contributed by atoms with E-state index in [1.807, 2.05) is 25.8 Å². The molecule has 124 valence electrons. The Hall–Kier alpha value is 0.906. The smallest absolute Gasteiger partial charge is 0.370 e. The van der Waals surface area contributed by atoms with Crippen LogP contribution in [0, 0.1) is 6.92 Å². The van der Waals surface area contributed by atoms with Gasteiger partial charge in [-0.2, -0.15) is 0 Å². The van der Waals surface area contributed by atoms with Gasteiger partial charge < -0.3 is 16.7 Å². The van der Waals surface area contributed by atoms with Crippen molar-refractivity contribution in [3.63, 3.8) is 0 Å². The first-order valence-corrected chi connectivity index (χ1v) is 9.63. The molecule has 1 rings (SSSR count). The van der Waals surface area contributed by atoms with Crippen molar-refractivity contribution in [2.75, 3.05) is 51.5 Å². The molecule has 0 unspecified atom stereocenters. The molecule has 22 heavy (non-hydrogen) atoms. The minimum Gasteiger partial charge on any atom is -0.370 e. The molecule has 1 aromatic carbocycles. The van der Waals surface area contributed by atoms with Crippen molar-refractivity contribution >= 4 is 14.3 Å². The monoisotopic (exact) mass is 354 g/mol. The Morgan fingerprint density at radius 1 is 1.14 bits per heavy atom. The van der Waals surface area contributed by atoms with Crippen LogP contribution in [0.4, 0.5) is 5.69 Å². The molecule has 0 aliphatic carbocycles. The van der Waals surface area contributed by atoms with Gasteiger partial charge in [0.05, 0.1) is 5.69 Å². The van der Waals surface area contributed by atoms with Crippen LogP contribution < -0.4 is 67.1 Å². The van der Waals surface area contributed by atoms with Crippen LogP contribution in [0.5, 0.6) is 0 Å². The van der Waals surface area contributed by atoms with Crippen molar-refractivity contribution in [2.24, 2.45) is 0 Å². The van der Waals surface area contributed by atoms with Crippen LogP contribution in [0.2, 0.25) is 0 Å². The van der Waals surface area contributed by atoms with Crippen LogP contribution in [0.3, 0.4) is 0 Å². The Morgan fingerprint density at radius 3 is 1.95 bits per heavy atom. The molecule has 0 amide bonds. The normalized spacial score (nSPS) is 9.27. The first-order chi connectivity index (χ1) is 10.0. The van der Waals surface area contributed by atoms with Gasteiger partial charge in [0.15, 0.2) is 0 Å². The summed E-state index contributed by atoms with van der Waals surface area (Å²) in [4.78, 5) is 26.0. The van der Waals surface area contributed by atoms with Gasteiger partial charge in [-0.15, -0.1) is 15.1 Å². The minimum absolute atomic E-state index is 0. The first kappa shape index (κ1) is 27.7. The molecule has 6 heteroatoms. The summed E-state index contributed by atoms with van der Waals surface area (Å²) >= 11 is 0. The zero-order valence-electron chi connectivity index (χ0n) is 15.5. The second-order valence-electron chi connectivity index (χ2n) is 4.49. The second-order valence-corrected chi connectivity index (χ2v) is 5.49. The van der Waals surface area contributed by atoms with E-state index in [9.17, 15) is 9.59 Å². The molecule has 4 nitrogen and oxygen atoms in total. The summed E-state index contributed by atoms with van der Waals surface area (Å²) in [6.07, 6.45) is 1.10. The standard InChI is InChI=1S/C12H19N2O2.C2H7P.C2H6.K/c1-4-6-14(5-2)8-7-13(3)10-9-11(15)12(10)16;1-3-2;1-2;/h9H,2,4-8H2,1,3H3;3H,1-2H3;1-2H3;/q-1;;;+1. The molecule has 0 bridgehead atoms. The fourth-order valence-corrected chi connectivity index (χ4v) is 1.65. The molecule has 0 aromatic heterocycles. The van der Waals surface area contributed by atoms with Crippen molar-refractivity contribution in [2.45, 2.75) is 27.2 Å². The van der Waals surface area contributed by atoms with Crippen molar-refractivity contribution < 1.29 is 51.4 Å². The van der Waals surface area contributed by atoms with Crippen LogP contribution in [0.1, 0.15) is 27.2 Å². The molecule has 0 spiro atoms. The number of nitrogens with zero attached hydrogens (tertiary/aromatic N) is 2. The molecule has 0 aliphatic rings. The zero-order chi connectivity index (χ0) is 16.8. The average Bonchev–Trinajstić information content (AvgIpc) is 2.51. The van der Waals surface area contributed by atoms with E-state index in [4.69, 9.17) is 0 Å². The number of hydrogen-bond donors (Lipinski definition) is 0. The Labute approximate surface area is 180 Å². The maximum absolute atomic E-state index is 11.2. The van der Waals surface area contributed by atoms with Gasteiger partial charge in [-0.3, -0.25) is 9.59 Å². The molecular weight excluding hydrogens is 322 g/mol. The van der Waals surface area contributed by atoms with Gasteiger partial charge in [0.25, 0.3) is 0 Å². The van der Waals surface area contributed by atoms with Gasteiger partial charge in [0.1, 0.15) is 0 Å². The first-order valence-electron chi connectivity index (χ1n) is 7.63. The molecular formula is C16H32KN2O2P. The Morgan fingerprint density at radius 2 is 1.64 bits per heavy atom. The van der Waals surface area contributed by atoms with Gasteiger partial charge in [0, 0.05) is 26.2 Å². The summed E-state index contributed by atoms with van der Waals surface area (Å²) in [6, 6.07) is 1.40. The zero-order valence-corrected chi connectivity index (χ0v) is 19.7. The van der Waals surface area contributed by atoms with Gasteiger partial charge in [-0.1, -0.05) is 20.8 Å². The van der Waals surface area contributed by atoms with Crippen molar-refractivity contribution in [1.29, 1.82) is 0 Å². The van der Waals surface area contributed by atoms with E-state index in [0.717, 1.165) is 41.2 Å². The molecule has 1 aromatic rings. The predicted octanol–water partition coefficient (Wildman–Crippen LogP) is -0.780. The second kappa shape index (κ2) is 18.2. The molecule has 0 saturated carbocycles. The fraction of sp³-hybridized carbons (Fsp3) is 0.688. The predicted molar refractivity (Wildman–Crippen MR) is 98.2 cm³/mol. The molecule has 0 N–H and O–H groups in total. The van der Waals surface area contributed by atoms with Gasteiger partial charge >= 0.3 is 51.4 Å². The van der Waals surface area contributed by atoms with E-state index in [2.05, 4.69) is 32.1 Å². The third-order valence-electron chi connectivity index (χ3n) is 2.74. The van der Waals surface area contributed by atoms with Crippen LogP contribution in [0.25, 0.3) is 0 Å². The number of anilines is 1. The molecule has 0 atom stereocenters. The van der Waals surface area contributed by atoms with Crippen molar-refractivity contribution in [1.82, 2.24) is 4.90 Å². The summed E-state index contributed by atoms with van der Waals surface area (Å²) in [5.41, 5.74) is -0.214. The molecule has 0 heterocycles. The third-order valence-corrected chi connectivity index (χ3v) is 2.74. The molecule has 0 fully saturated rings. The Kier molecular flexibility index (Phi) is 23.0. The summed E-state index contributed by atoms with van der Waals surface area (Å²) in [5, 5.41) is 0. The van der Waals surface area contributed by atoms with E-state index in [1.54, 1.807) is 0 Å². The largest absolute Gasteiger partial charge is 1.00 e. The topological polar surface area (TPSA) is 40.6 Å². The SMILES string of the molecule is CC.CPC.[CH2-]CN(CCC)CCN(C)c1cc(=O)c1=O.[K+]. The van der Waals surface area contributed by atoms with Crippen LogP contribution >= 0.6 is 8.58 Å². The number of rotatable bonds is 7. The maximum Gasteiger partial charge on any atom is 1.00 e. The van der Waals surface area contributed by atoms with Crippen LogP contribution in [-0.4, -0.2) is 51.5 Å². The van der Waals surface area contributed by atoms with Gasteiger partial charge in [0.2, 0.25) is 10.9 Å². The van der Waals surface area contributed by atoms with Crippen LogP contribution in [0.15, 0.2) is 15.7 Å². The summed E-state index contributed by atoms with van der Waals surface area (Å²) in [7, 11) is 2.92. The fourth-order valence-electron chi connectivity index (χ4n) is 1.65. The van der Waals surface area contributed by atoms with E-state index in [-0.39, 0.29) is 62.2 Å². The van der Waals surface area contributed by atoms with E-state index >= 15 is 0 Å². The summed E-state index contributed by atoms with van der Waals surface area (Å²) < 4.78 is 0. The third kappa shape index (κ3) is 11.4. The van der Waals surface area contributed by atoms with E-state index in [1.165, 1.54) is 6.07 Å². The maximum atomic E-state index is 11.2. The number of hydrogen-bond acceptors (Lipinski definition) is 4. The van der Waals surface area contributed by atoms with Crippen molar-refractivity contribution in [3.8, 4) is 0 Å². The summed E-state index contributed by atoms with van der Waals surface area (Å²) in [6.45, 7) is 17.7. The molecule has 0 radical (unpaired) electrons. The minimum atomic E-state index is -0.385. The molecule has 0 saturated heterocycles. The summed E-state index contributed by atoms with van der Waals surface area (Å²) in [5.74, 6) is 0. The van der Waals surface area contributed by atoms with E-state index < -0.39 is 0 Å². The molecule has 0 aliphatic heterocycles. The Balaban J connectivity index is -0.000000536. The average molecular weight is 355 g/mol. The Bertz CT molecular complexity index is 420. The van der Waals surface area contributed by atoms with Crippen molar-refractivity contribution in [3.05, 3.63) is 33.4 Å². The van der Waals surface area contributed by atoms with Crippen LogP contribution in [-0.2, 0) is 0 Å².